The van der Waals surface area contributed by atoms with Gasteiger partial charge in [-0.25, -0.2) is 10.2 Å². The molecule has 7 nitrogen and oxygen atoms in total. The summed E-state index contributed by atoms with van der Waals surface area (Å²) in [5.41, 5.74) is 4.25. The number of benzene rings is 2. The van der Waals surface area contributed by atoms with Crippen molar-refractivity contribution >= 4 is 34.0 Å². The van der Waals surface area contributed by atoms with E-state index in [1.54, 1.807) is 36.4 Å². The first-order valence-electron chi connectivity index (χ1n) is 8.20. The van der Waals surface area contributed by atoms with Gasteiger partial charge in [0.15, 0.2) is 18.1 Å². The van der Waals surface area contributed by atoms with Gasteiger partial charge in [-0.15, -0.1) is 6.58 Å². The highest BCUT2D eigenvalue weighted by Gasteiger charge is 2.14. The fraction of sp³-hybridized carbons (Fsp3) is 0.150. The number of carboxylic acids is 1. The van der Waals surface area contributed by atoms with E-state index in [2.05, 4.69) is 33.0 Å². The molecule has 2 aromatic rings. The number of carbonyl (C=O) groups is 2. The molecule has 28 heavy (non-hydrogen) atoms. The van der Waals surface area contributed by atoms with Crippen LogP contribution in [0.4, 0.5) is 0 Å². The molecule has 0 aliphatic carbocycles. The molecular weight excluding hydrogens is 428 g/mol. The fourth-order valence-corrected chi connectivity index (χ4v) is 2.85. The Kier molecular flexibility index (Phi) is 7.76. The summed E-state index contributed by atoms with van der Waals surface area (Å²) in [5, 5.41) is 12.8. The zero-order valence-corrected chi connectivity index (χ0v) is 16.7. The van der Waals surface area contributed by atoms with Gasteiger partial charge in [0.1, 0.15) is 0 Å². The molecule has 0 spiro atoms. The lowest BCUT2D eigenvalue weighted by molar-refractivity contribution is -0.139. The van der Waals surface area contributed by atoms with Crippen LogP contribution in [0.5, 0.6) is 11.5 Å². The van der Waals surface area contributed by atoms with Gasteiger partial charge in [0.05, 0.1) is 18.9 Å². The third-order valence-electron chi connectivity index (χ3n) is 3.58. The van der Waals surface area contributed by atoms with Crippen molar-refractivity contribution in [2.75, 3.05) is 13.7 Å². The number of hydrogen-bond acceptors (Lipinski definition) is 5. The number of nitrogens with one attached hydrogen (secondary N) is 1. The van der Waals surface area contributed by atoms with Crippen LogP contribution in [0.1, 0.15) is 21.5 Å². The molecule has 0 bridgehead atoms. The molecule has 2 aromatic carbocycles. The number of hydrazone groups is 1. The van der Waals surface area contributed by atoms with Crippen LogP contribution in [0, 0.1) is 0 Å². The van der Waals surface area contributed by atoms with Gasteiger partial charge in [0.2, 0.25) is 0 Å². The van der Waals surface area contributed by atoms with E-state index >= 15 is 0 Å². The lowest BCUT2D eigenvalue weighted by Crippen LogP contribution is -2.18. The Labute approximate surface area is 170 Å². The summed E-state index contributed by atoms with van der Waals surface area (Å²) in [6.45, 7) is 3.21. The van der Waals surface area contributed by atoms with Crippen LogP contribution in [0.3, 0.4) is 0 Å². The summed E-state index contributed by atoms with van der Waals surface area (Å²) < 4.78 is 11.3. The molecule has 0 heterocycles. The van der Waals surface area contributed by atoms with E-state index in [0.29, 0.717) is 39.1 Å². The highest BCUT2D eigenvalue weighted by atomic mass is 79.9. The zero-order chi connectivity index (χ0) is 20.5. The van der Waals surface area contributed by atoms with E-state index in [1.165, 1.54) is 13.3 Å². The monoisotopic (exact) mass is 446 g/mol. The normalized spacial score (nSPS) is 10.5. The molecule has 146 valence electrons. The highest BCUT2D eigenvalue weighted by molar-refractivity contribution is 9.10. The summed E-state index contributed by atoms with van der Waals surface area (Å²) in [7, 11) is 1.45. The molecular formula is C20H19BrN2O5. The Morgan fingerprint density at radius 1 is 1.32 bits per heavy atom. The molecule has 0 atom stereocenters. The number of carbonyl (C=O) groups excluding carboxylic acids is 1. The maximum atomic E-state index is 12.2. The maximum Gasteiger partial charge on any atom is 0.341 e. The van der Waals surface area contributed by atoms with Crippen LogP contribution in [-0.4, -0.2) is 36.9 Å². The van der Waals surface area contributed by atoms with Crippen molar-refractivity contribution < 1.29 is 24.2 Å². The van der Waals surface area contributed by atoms with Crippen LogP contribution in [0.15, 0.2) is 58.6 Å². The van der Waals surface area contributed by atoms with E-state index in [1.807, 2.05) is 6.07 Å². The second-order valence-corrected chi connectivity index (χ2v) is 6.42. The topological polar surface area (TPSA) is 97.2 Å². The lowest BCUT2D eigenvalue weighted by atomic mass is 10.1. The van der Waals surface area contributed by atoms with E-state index < -0.39 is 12.6 Å². The number of hydrogen-bond donors (Lipinski definition) is 2. The van der Waals surface area contributed by atoms with Crippen LogP contribution < -0.4 is 14.9 Å². The molecule has 0 radical (unpaired) electrons. The first-order valence-corrected chi connectivity index (χ1v) is 9.00. The molecule has 0 fully saturated rings. The highest BCUT2D eigenvalue weighted by Crippen LogP contribution is 2.33. The van der Waals surface area contributed by atoms with Crippen LogP contribution in [-0.2, 0) is 11.2 Å². The zero-order valence-electron chi connectivity index (χ0n) is 15.1. The largest absolute Gasteiger partial charge is 0.493 e. The third-order valence-corrected chi connectivity index (χ3v) is 4.27. The molecule has 0 aliphatic heterocycles. The van der Waals surface area contributed by atoms with Gasteiger partial charge < -0.3 is 14.6 Å². The lowest BCUT2D eigenvalue weighted by Gasteiger charge is -2.14. The van der Waals surface area contributed by atoms with E-state index in [0.717, 1.165) is 0 Å². The number of ether oxygens (including phenoxy) is 2. The standard InChI is InChI=1S/C20H19BrN2O5/c1-3-6-14-9-13(10-17(27-2)19(14)28-12-18(24)25)11-22-23-20(26)15-7-4-5-8-16(15)21/h3-5,7-11H,1,6,12H2,2H3,(H,23,26)(H,24,25)/b22-11-. The number of carboxylic acid groups (broad SMARTS) is 1. The number of rotatable bonds is 9. The summed E-state index contributed by atoms with van der Waals surface area (Å²) in [4.78, 5) is 23.0. The average molecular weight is 447 g/mol. The summed E-state index contributed by atoms with van der Waals surface area (Å²) in [6.07, 6.45) is 3.57. The van der Waals surface area contributed by atoms with Crippen molar-refractivity contribution in [3.63, 3.8) is 0 Å². The maximum absolute atomic E-state index is 12.2. The van der Waals surface area contributed by atoms with Gasteiger partial charge in [0.25, 0.3) is 5.91 Å². The molecule has 2 rings (SSSR count). The Bertz CT molecular complexity index is 911. The number of nitrogens with zero attached hydrogens (tertiary/aromatic N) is 1. The van der Waals surface area contributed by atoms with Gasteiger partial charge in [-0.05, 0) is 52.2 Å². The van der Waals surface area contributed by atoms with Crippen molar-refractivity contribution in [1.82, 2.24) is 5.43 Å². The quantitative estimate of drug-likeness (QED) is 0.349. The number of aliphatic carboxylic acids is 1. The Morgan fingerprint density at radius 3 is 2.71 bits per heavy atom. The van der Waals surface area contributed by atoms with Crippen molar-refractivity contribution in [3.05, 3.63) is 70.2 Å². The summed E-state index contributed by atoms with van der Waals surface area (Å²) in [6, 6.07) is 10.4. The minimum absolute atomic E-state index is 0.333. The number of halogens is 1. The smallest absolute Gasteiger partial charge is 0.341 e. The molecule has 0 aromatic heterocycles. The first kappa shape index (κ1) is 21.2. The van der Waals surface area contributed by atoms with Crippen LogP contribution >= 0.6 is 15.9 Å². The Morgan fingerprint density at radius 2 is 2.07 bits per heavy atom. The van der Waals surface area contributed by atoms with Crippen molar-refractivity contribution in [1.29, 1.82) is 0 Å². The second-order valence-electron chi connectivity index (χ2n) is 5.57. The number of methoxy groups -OCH3 is 1. The molecule has 8 heteroatoms. The van der Waals surface area contributed by atoms with E-state index in [9.17, 15) is 9.59 Å². The second kappa shape index (κ2) is 10.3. The fourth-order valence-electron chi connectivity index (χ4n) is 2.39. The minimum atomic E-state index is -1.09. The van der Waals surface area contributed by atoms with Crippen LogP contribution in [0.25, 0.3) is 0 Å². The van der Waals surface area contributed by atoms with Gasteiger partial charge in [-0.1, -0.05) is 18.2 Å². The Hall–Kier alpha value is -3.13. The van der Waals surface area contributed by atoms with Crippen LogP contribution in [0.2, 0.25) is 0 Å². The predicted octanol–water partition coefficient (Wildman–Crippen LogP) is 3.41. The number of allylic oxidation sites excluding steroid dienone is 1. The summed E-state index contributed by atoms with van der Waals surface area (Å²) >= 11 is 3.32. The molecule has 0 unspecified atom stereocenters. The SMILES string of the molecule is C=CCc1cc(/C=N\NC(=O)c2ccccc2Br)cc(OC)c1OCC(=O)O. The minimum Gasteiger partial charge on any atom is -0.493 e. The molecule has 0 saturated carbocycles. The van der Waals surface area contributed by atoms with Crippen molar-refractivity contribution in [3.8, 4) is 11.5 Å². The molecule has 1 amide bonds. The molecule has 0 aliphatic rings. The average Bonchev–Trinajstić information content (AvgIpc) is 2.67. The van der Waals surface area contributed by atoms with Crippen molar-refractivity contribution in [2.45, 2.75) is 6.42 Å². The number of amides is 1. The predicted molar refractivity (Wildman–Crippen MR) is 109 cm³/mol. The van der Waals surface area contributed by atoms with E-state index in [-0.39, 0.29) is 5.91 Å². The summed E-state index contributed by atoms with van der Waals surface area (Å²) in [5.74, 6) is -0.756. The van der Waals surface area contributed by atoms with Gasteiger partial charge in [-0.3, -0.25) is 4.79 Å². The van der Waals surface area contributed by atoms with E-state index in [4.69, 9.17) is 14.6 Å². The van der Waals surface area contributed by atoms with Gasteiger partial charge in [-0.2, -0.15) is 5.10 Å². The molecule has 0 saturated heterocycles. The van der Waals surface area contributed by atoms with Gasteiger partial charge in [0, 0.05) is 10.0 Å². The third kappa shape index (κ3) is 5.68. The Balaban J connectivity index is 2.22. The van der Waals surface area contributed by atoms with Crippen molar-refractivity contribution in [2.24, 2.45) is 5.10 Å². The first-order chi connectivity index (χ1) is 13.5. The van der Waals surface area contributed by atoms with Gasteiger partial charge >= 0.3 is 5.97 Å². The molecule has 2 N–H and O–H groups in total.